The van der Waals surface area contributed by atoms with Gasteiger partial charge in [0.25, 0.3) is 0 Å². The molecule has 0 saturated carbocycles. The second kappa shape index (κ2) is 7.20. The lowest BCUT2D eigenvalue weighted by Crippen LogP contribution is -2.54. The predicted molar refractivity (Wildman–Crippen MR) is 99.0 cm³/mol. The van der Waals surface area contributed by atoms with Crippen molar-refractivity contribution >= 4 is 29.1 Å². The number of anilines is 1. The second-order valence-corrected chi connectivity index (χ2v) is 6.47. The lowest BCUT2D eigenvalue weighted by Gasteiger charge is -2.32. The molecule has 8 heteroatoms. The van der Waals surface area contributed by atoms with Crippen LogP contribution < -0.4 is 4.90 Å². The highest BCUT2D eigenvalue weighted by Crippen LogP contribution is 2.21. The van der Waals surface area contributed by atoms with Crippen LogP contribution in [0.15, 0.2) is 59.1 Å². The van der Waals surface area contributed by atoms with Crippen molar-refractivity contribution in [1.82, 2.24) is 15.0 Å². The van der Waals surface area contributed by atoms with E-state index in [0.29, 0.717) is 29.6 Å². The number of benzene rings is 2. The number of carbonyl (C=O) groups is 2. The molecule has 7 nitrogen and oxygen atoms in total. The number of amides is 2. The summed E-state index contributed by atoms with van der Waals surface area (Å²) < 4.78 is 5.23. The molecule has 2 heterocycles. The number of aromatic nitrogens is 2. The second-order valence-electron chi connectivity index (χ2n) is 6.04. The minimum atomic E-state index is -0.587. The zero-order chi connectivity index (χ0) is 18.8. The van der Waals surface area contributed by atoms with E-state index in [1.165, 1.54) is 9.80 Å². The monoisotopic (exact) mass is 382 g/mol. The molecule has 1 aliphatic rings. The number of piperazine rings is 1. The molecule has 0 bridgehead atoms. The van der Waals surface area contributed by atoms with Gasteiger partial charge in [0.1, 0.15) is 6.54 Å². The molecule has 1 aromatic heterocycles. The van der Waals surface area contributed by atoms with Gasteiger partial charge in [-0.1, -0.05) is 35.0 Å². The van der Waals surface area contributed by atoms with Crippen LogP contribution >= 0.6 is 11.6 Å². The van der Waals surface area contributed by atoms with Gasteiger partial charge < -0.3 is 14.3 Å². The Morgan fingerprint density at radius 2 is 1.70 bits per heavy atom. The van der Waals surface area contributed by atoms with E-state index in [9.17, 15) is 9.59 Å². The van der Waals surface area contributed by atoms with Crippen LogP contribution in [0.2, 0.25) is 5.02 Å². The molecule has 0 spiro atoms. The van der Waals surface area contributed by atoms with E-state index in [0.717, 1.165) is 5.56 Å². The molecular formula is C19H15ClN4O3. The molecule has 2 aromatic carbocycles. The zero-order valence-corrected chi connectivity index (χ0v) is 15.0. The molecular weight excluding hydrogens is 368 g/mol. The number of hydrogen-bond acceptors (Lipinski definition) is 5. The maximum absolute atomic E-state index is 12.5. The van der Waals surface area contributed by atoms with E-state index in [4.69, 9.17) is 16.1 Å². The first kappa shape index (κ1) is 17.2. The van der Waals surface area contributed by atoms with Crippen LogP contribution in [0.25, 0.3) is 11.4 Å². The van der Waals surface area contributed by atoms with Gasteiger partial charge in [0.15, 0.2) is 0 Å². The van der Waals surface area contributed by atoms with Crippen LogP contribution in [0.4, 0.5) is 5.69 Å². The Balaban J connectivity index is 1.46. The van der Waals surface area contributed by atoms with Crippen molar-refractivity contribution in [2.24, 2.45) is 0 Å². The molecule has 0 radical (unpaired) electrons. The average molecular weight is 383 g/mol. The van der Waals surface area contributed by atoms with Gasteiger partial charge in [-0.05, 0) is 36.4 Å². The van der Waals surface area contributed by atoms with E-state index in [-0.39, 0.29) is 12.4 Å². The third-order valence-electron chi connectivity index (χ3n) is 4.27. The fourth-order valence-electron chi connectivity index (χ4n) is 2.88. The number of carbonyl (C=O) groups excluding carboxylic acids is 2. The first-order valence-electron chi connectivity index (χ1n) is 8.36. The SMILES string of the molecule is O=C1C(=O)N(c2ccccc2)CCN1Cc1nc(-c2ccc(Cl)cc2)no1. The number of nitrogens with zero attached hydrogens (tertiary/aromatic N) is 4. The van der Waals surface area contributed by atoms with Crippen LogP contribution in [0.5, 0.6) is 0 Å². The van der Waals surface area contributed by atoms with Crippen LogP contribution in [-0.4, -0.2) is 39.9 Å². The smallest absolute Gasteiger partial charge is 0.316 e. The normalized spacial score (nSPS) is 14.7. The number of para-hydroxylation sites is 1. The summed E-state index contributed by atoms with van der Waals surface area (Å²) in [5, 5.41) is 4.54. The molecule has 136 valence electrons. The van der Waals surface area contributed by atoms with E-state index >= 15 is 0 Å². The van der Waals surface area contributed by atoms with E-state index < -0.39 is 11.8 Å². The van der Waals surface area contributed by atoms with Gasteiger partial charge in [-0.15, -0.1) is 0 Å². The summed E-state index contributed by atoms with van der Waals surface area (Å²) >= 11 is 5.87. The maximum Gasteiger partial charge on any atom is 0.316 e. The van der Waals surface area contributed by atoms with Crippen molar-refractivity contribution in [2.45, 2.75) is 6.54 Å². The first-order chi connectivity index (χ1) is 13.1. The van der Waals surface area contributed by atoms with Gasteiger partial charge in [-0.25, -0.2) is 0 Å². The van der Waals surface area contributed by atoms with Crippen molar-refractivity contribution in [3.8, 4) is 11.4 Å². The van der Waals surface area contributed by atoms with Gasteiger partial charge in [-0.3, -0.25) is 9.59 Å². The van der Waals surface area contributed by atoms with Crippen molar-refractivity contribution in [3.05, 3.63) is 65.5 Å². The molecule has 1 aliphatic heterocycles. The quantitative estimate of drug-likeness (QED) is 0.648. The lowest BCUT2D eigenvalue weighted by molar-refractivity contribution is -0.146. The molecule has 0 atom stereocenters. The fourth-order valence-corrected chi connectivity index (χ4v) is 3.00. The Hall–Kier alpha value is -3.19. The van der Waals surface area contributed by atoms with E-state index in [2.05, 4.69) is 10.1 Å². The molecule has 0 N–H and O–H groups in total. The Bertz CT molecular complexity index is 972. The van der Waals surface area contributed by atoms with Crippen molar-refractivity contribution in [2.75, 3.05) is 18.0 Å². The Morgan fingerprint density at radius 1 is 0.963 bits per heavy atom. The molecule has 0 aliphatic carbocycles. The third-order valence-corrected chi connectivity index (χ3v) is 4.53. The fraction of sp³-hybridized carbons (Fsp3) is 0.158. The largest absolute Gasteiger partial charge is 0.337 e. The summed E-state index contributed by atoms with van der Waals surface area (Å²) in [4.78, 5) is 32.1. The Labute approximate surface area is 160 Å². The lowest BCUT2D eigenvalue weighted by atomic mass is 10.2. The summed E-state index contributed by atoms with van der Waals surface area (Å²) in [5.74, 6) is -0.473. The van der Waals surface area contributed by atoms with Gasteiger partial charge in [0.05, 0.1) is 0 Å². The minimum absolute atomic E-state index is 0.0911. The molecule has 4 rings (SSSR count). The summed E-state index contributed by atoms with van der Waals surface area (Å²) in [7, 11) is 0. The third kappa shape index (κ3) is 3.54. The predicted octanol–water partition coefficient (Wildman–Crippen LogP) is 2.77. The molecule has 0 unspecified atom stereocenters. The van der Waals surface area contributed by atoms with Crippen LogP contribution in [0.3, 0.4) is 0 Å². The Kier molecular flexibility index (Phi) is 4.60. The van der Waals surface area contributed by atoms with Crippen LogP contribution in [0.1, 0.15) is 5.89 Å². The van der Waals surface area contributed by atoms with Crippen LogP contribution in [0, 0.1) is 0 Å². The summed E-state index contributed by atoms with van der Waals surface area (Å²) in [6.45, 7) is 0.888. The highest BCUT2D eigenvalue weighted by molar-refractivity contribution is 6.40. The summed E-state index contributed by atoms with van der Waals surface area (Å²) in [6, 6.07) is 16.2. The highest BCUT2D eigenvalue weighted by atomic mass is 35.5. The molecule has 2 amide bonds. The number of rotatable bonds is 4. The van der Waals surface area contributed by atoms with Gasteiger partial charge in [0, 0.05) is 29.4 Å². The van der Waals surface area contributed by atoms with E-state index in [1.807, 2.05) is 18.2 Å². The minimum Gasteiger partial charge on any atom is -0.337 e. The zero-order valence-electron chi connectivity index (χ0n) is 14.2. The molecule has 3 aromatic rings. The summed E-state index contributed by atoms with van der Waals surface area (Å²) in [5.41, 5.74) is 1.46. The van der Waals surface area contributed by atoms with Crippen molar-refractivity contribution in [1.29, 1.82) is 0 Å². The number of halogens is 1. The van der Waals surface area contributed by atoms with Crippen molar-refractivity contribution in [3.63, 3.8) is 0 Å². The molecule has 1 fully saturated rings. The highest BCUT2D eigenvalue weighted by Gasteiger charge is 2.34. The number of hydrogen-bond donors (Lipinski definition) is 0. The Morgan fingerprint density at radius 3 is 2.44 bits per heavy atom. The van der Waals surface area contributed by atoms with Crippen molar-refractivity contribution < 1.29 is 14.1 Å². The standard InChI is InChI=1S/C19H15ClN4O3/c20-14-8-6-13(7-9-14)17-21-16(27-22-17)12-23-10-11-24(19(26)18(23)25)15-4-2-1-3-5-15/h1-9H,10-12H2. The maximum atomic E-state index is 12.5. The average Bonchev–Trinajstić information content (AvgIpc) is 3.15. The van der Waals surface area contributed by atoms with E-state index in [1.54, 1.807) is 36.4 Å². The van der Waals surface area contributed by atoms with Gasteiger partial charge in [0.2, 0.25) is 11.7 Å². The molecule has 27 heavy (non-hydrogen) atoms. The van der Waals surface area contributed by atoms with Gasteiger partial charge >= 0.3 is 11.8 Å². The van der Waals surface area contributed by atoms with Gasteiger partial charge in [-0.2, -0.15) is 4.98 Å². The summed E-state index contributed by atoms with van der Waals surface area (Å²) in [6.07, 6.45) is 0. The molecule has 1 saturated heterocycles. The van der Waals surface area contributed by atoms with Crippen LogP contribution in [-0.2, 0) is 16.1 Å². The first-order valence-corrected chi connectivity index (χ1v) is 8.74. The topological polar surface area (TPSA) is 79.5 Å².